The van der Waals surface area contributed by atoms with Crippen LogP contribution in [0.15, 0.2) is 30.4 Å². The predicted molar refractivity (Wildman–Crippen MR) is 84.4 cm³/mol. The first-order valence-electron chi connectivity index (χ1n) is 7.41. The molecular formula is C17H24N2O2. The van der Waals surface area contributed by atoms with Crippen LogP contribution in [0.4, 0.5) is 4.79 Å². The zero-order valence-electron chi connectivity index (χ0n) is 13.0. The third-order valence-electron chi connectivity index (χ3n) is 3.88. The van der Waals surface area contributed by atoms with Gasteiger partial charge in [-0.1, -0.05) is 30.4 Å². The van der Waals surface area contributed by atoms with E-state index in [0.29, 0.717) is 6.54 Å². The highest BCUT2D eigenvalue weighted by Crippen LogP contribution is 2.49. The fourth-order valence-corrected chi connectivity index (χ4v) is 2.23. The highest BCUT2D eigenvalue weighted by atomic mass is 16.6. The van der Waals surface area contributed by atoms with E-state index in [1.54, 1.807) is 0 Å². The van der Waals surface area contributed by atoms with Crippen LogP contribution in [-0.4, -0.2) is 26.2 Å². The number of carbonyl (C=O) groups is 1. The molecule has 0 aromatic heterocycles. The molecule has 1 aliphatic rings. The normalized spacial score (nSPS) is 16.0. The lowest BCUT2D eigenvalue weighted by atomic mass is 10.0. The molecule has 21 heavy (non-hydrogen) atoms. The van der Waals surface area contributed by atoms with E-state index in [1.165, 1.54) is 11.1 Å². The maximum Gasteiger partial charge on any atom is 0.408 e. The zero-order chi connectivity index (χ0) is 15.3. The van der Waals surface area contributed by atoms with Gasteiger partial charge in [0.05, 0.1) is 0 Å². The van der Waals surface area contributed by atoms with Crippen molar-refractivity contribution in [2.45, 2.75) is 32.3 Å². The molecular weight excluding hydrogens is 264 g/mol. The molecule has 0 unspecified atom stereocenters. The third kappa shape index (κ3) is 4.08. The van der Waals surface area contributed by atoms with Gasteiger partial charge >= 0.3 is 6.09 Å². The molecule has 114 valence electrons. The van der Waals surface area contributed by atoms with Gasteiger partial charge in [0.25, 0.3) is 0 Å². The number of aryl methyl sites for hydroxylation is 2. The number of amides is 1. The van der Waals surface area contributed by atoms with Crippen LogP contribution in [0, 0.1) is 13.8 Å². The number of rotatable bonds is 6. The quantitative estimate of drug-likeness (QED) is 0.791. The second-order valence-electron chi connectivity index (χ2n) is 5.59. The van der Waals surface area contributed by atoms with Crippen molar-refractivity contribution in [2.24, 2.45) is 0 Å². The van der Waals surface area contributed by atoms with Crippen molar-refractivity contribution in [3.63, 3.8) is 0 Å². The molecule has 1 saturated carbocycles. The molecule has 0 bridgehead atoms. The monoisotopic (exact) mass is 288 g/mol. The number of hydrogen-bond donors (Lipinski definition) is 2. The number of benzene rings is 1. The van der Waals surface area contributed by atoms with Gasteiger partial charge in [-0.25, -0.2) is 4.79 Å². The summed E-state index contributed by atoms with van der Waals surface area (Å²) in [6.07, 6.45) is 5.33. The molecule has 0 atom stereocenters. The minimum Gasteiger partial charge on any atom is -0.438 e. The number of likely N-dealkylation sites (N-methyl/N-ethyl adjacent to an activating group) is 1. The fraction of sp³-hybridized carbons (Fsp3) is 0.471. The first-order valence-corrected chi connectivity index (χ1v) is 7.41. The molecule has 0 spiro atoms. The SMILES string of the molecule is CNC/C=C/CNC(=O)OC1(c2ccc(C)c(C)c2)CC1. The minimum atomic E-state index is -0.406. The molecule has 1 aromatic carbocycles. The minimum absolute atomic E-state index is 0.347. The van der Waals surface area contributed by atoms with E-state index in [1.807, 2.05) is 19.2 Å². The Kier molecular flexibility index (Phi) is 5.02. The fourth-order valence-electron chi connectivity index (χ4n) is 2.23. The van der Waals surface area contributed by atoms with Crippen LogP contribution < -0.4 is 10.6 Å². The maximum atomic E-state index is 11.9. The van der Waals surface area contributed by atoms with E-state index in [2.05, 4.69) is 42.7 Å². The Balaban J connectivity index is 1.89. The Morgan fingerprint density at radius 3 is 2.57 bits per heavy atom. The molecule has 0 radical (unpaired) electrons. The Hall–Kier alpha value is -1.81. The lowest BCUT2D eigenvalue weighted by Crippen LogP contribution is -2.29. The van der Waals surface area contributed by atoms with E-state index in [-0.39, 0.29) is 6.09 Å². The highest BCUT2D eigenvalue weighted by Gasteiger charge is 2.48. The van der Waals surface area contributed by atoms with Crippen LogP contribution in [0.1, 0.15) is 29.5 Å². The highest BCUT2D eigenvalue weighted by molar-refractivity contribution is 5.68. The summed E-state index contributed by atoms with van der Waals surface area (Å²) in [6.45, 7) is 5.46. The van der Waals surface area contributed by atoms with Crippen LogP contribution in [-0.2, 0) is 10.3 Å². The molecule has 2 N–H and O–H groups in total. The maximum absolute atomic E-state index is 11.9. The van der Waals surface area contributed by atoms with Crippen LogP contribution in [0.2, 0.25) is 0 Å². The Bertz CT molecular complexity index is 534. The van der Waals surface area contributed by atoms with Crippen LogP contribution in [0.5, 0.6) is 0 Å². The molecule has 1 aromatic rings. The smallest absolute Gasteiger partial charge is 0.408 e. The van der Waals surface area contributed by atoms with Crippen molar-refractivity contribution in [1.29, 1.82) is 0 Å². The van der Waals surface area contributed by atoms with E-state index in [9.17, 15) is 4.79 Å². The van der Waals surface area contributed by atoms with Crippen LogP contribution in [0.25, 0.3) is 0 Å². The van der Waals surface area contributed by atoms with E-state index >= 15 is 0 Å². The van der Waals surface area contributed by atoms with Gasteiger partial charge in [-0.3, -0.25) is 0 Å². The average molecular weight is 288 g/mol. The van der Waals surface area contributed by atoms with Gasteiger partial charge in [0.1, 0.15) is 5.60 Å². The molecule has 4 nitrogen and oxygen atoms in total. The second kappa shape index (κ2) is 6.76. The summed E-state index contributed by atoms with van der Waals surface area (Å²) in [5, 5.41) is 5.76. The van der Waals surface area contributed by atoms with Gasteiger partial charge in [-0.15, -0.1) is 0 Å². The topological polar surface area (TPSA) is 50.4 Å². The summed E-state index contributed by atoms with van der Waals surface area (Å²) in [5.74, 6) is 0. The molecule has 4 heteroatoms. The predicted octanol–water partition coefficient (Wildman–Crippen LogP) is 2.79. The number of nitrogens with one attached hydrogen (secondary N) is 2. The number of alkyl carbamates (subject to hydrolysis) is 1. The average Bonchev–Trinajstić information content (AvgIpc) is 3.22. The molecule has 1 fully saturated rings. The summed E-state index contributed by atoms with van der Waals surface area (Å²) in [6, 6.07) is 6.28. The Labute approximate surface area is 126 Å². The largest absolute Gasteiger partial charge is 0.438 e. The van der Waals surface area contributed by atoms with Crippen LogP contribution in [0.3, 0.4) is 0 Å². The van der Waals surface area contributed by atoms with Crippen LogP contribution >= 0.6 is 0 Å². The van der Waals surface area contributed by atoms with Crippen molar-refractivity contribution in [1.82, 2.24) is 10.6 Å². The standard InChI is InChI=1S/C17H24N2O2/c1-13-6-7-15(12-14(13)2)17(8-9-17)21-16(20)19-11-5-4-10-18-3/h4-7,12,18H,8-11H2,1-3H3,(H,19,20)/b5-4+. The van der Waals surface area contributed by atoms with E-state index < -0.39 is 5.60 Å². The Morgan fingerprint density at radius 1 is 1.24 bits per heavy atom. The zero-order valence-corrected chi connectivity index (χ0v) is 13.0. The summed E-state index contributed by atoms with van der Waals surface area (Å²) >= 11 is 0. The van der Waals surface area contributed by atoms with E-state index in [4.69, 9.17) is 4.74 Å². The number of carbonyl (C=O) groups excluding carboxylic acids is 1. The molecule has 1 amide bonds. The molecule has 0 aliphatic heterocycles. The molecule has 2 rings (SSSR count). The number of hydrogen-bond acceptors (Lipinski definition) is 3. The summed E-state index contributed by atoms with van der Waals surface area (Å²) in [5.41, 5.74) is 3.19. The Morgan fingerprint density at radius 2 is 1.95 bits per heavy atom. The lowest BCUT2D eigenvalue weighted by Gasteiger charge is -2.18. The molecule has 0 saturated heterocycles. The molecule has 1 aliphatic carbocycles. The summed E-state index contributed by atoms with van der Waals surface area (Å²) < 4.78 is 5.64. The first-order chi connectivity index (χ1) is 10.1. The molecule has 0 heterocycles. The van der Waals surface area contributed by atoms with Crippen molar-refractivity contribution >= 4 is 6.09 Å². The number of ether oxygens (including phenoxy) is 1. The lowest BCUT2D eigenvalue weighted by molar-refractivity contribution is 0.0822. The van der Waals surface area contributed by atoms with Gasteiger partial charge in [0, 0.05) is 13.1 Å². The van der Waals surface area contributed by atoms with Crippen molar-refractivity contribution in [3.8, 4) is 0 Å². The van der Waals surface area contributed by atoms with Gasteiger partial charge in [-0.05, 0) is 50.4 Å². The van der Waals surface area contributed by atoms with E-state index in [0.717, 1.165) is 24.9 Å². The van der Waals surface area contributed by atoms with Crippen molar-refractivity contribution in [3.05, 3.63) is 47.0 Å². The second-order valence-corrected chi connectivity index (χ2v) is 5.59. The van der Waals surface area contributed by atoms with Gasteiger partial charge < -0.3 is 15.4 Å². The summed E-state index contributed by atoms with van der Waals surface area (Å²) in [7, 11) is 1.88. The first kappa shape index (κ1) is 15.6. The summed E-state index contributed by atoms with van der Waals surface area (Å²) in [4.78, 5) is 11.9. The van der Waals surface area contributed by atoms with Gasteiger partial charge in [0.2, 0.25) is 0 Å². The van der Waals surface area contributed by atoms with Gasteiger partial charge in [-0.2, -0.15) is 0 Å². The third-order valence-corrected chi connectivity index (χ3v) is 3.88. The van der Waals surface area contributed by atoms with Gasteiger partial charge in [0.15, 0.2) is 0 Å². The van der Waals surface area contributed by atoms with Crippen molar-refractivity contribution < 1.29 is 9.53 Å². The van der Waals surface area contributed by atoms with Crippen molar-refractivity contribution in [2.75, 3.05) is 20.1 Å².